The molecule has 0 aromatic rings. The summed E-state index contributed by atoms with van der Waals surface area (Å²) in [6.45, 7) is 3.37. The van der Waals surface area contributed by atoms with Gasteiger partial charge in [0.25, 0.3) is 0 Å². The molecule has 1 saturated heterocycles. The minimum Gasteiger partial charge on any atom is -0.375 e. The van der Waals surface area contributed by atoms with Gasteiger partial charge in [0.15, 0.2) is 0 Å². The van der Waals surface area contributed by atoms with E-state index in [4.69, 9.17) is 10.5 Å². The van der Waals surface area contributed by atoms with Crippen molar-refractivity contribution in [3.63, 3.8) is 0 Å². The number of nitrogens with two attached hydrogens (primary N) is 1. The molecule has 1 aliphatic heterocycles. The van der Waals surface area contributed by atoms with Gasteiger partial charge < -0.3 is 10.5 Å². The first-order valence-electron chi connectivity index (χ1n) is 7.44. The van der Waals surface area contributed by atoms with E-state index in [0.717, 1.165) is 25.1 Å². The van der Waals surface area contributed by atoms with E-state index < -0.39 is 0 Å². The maximum absolute atomic E-state index is 6.09. The monoisotopic (exact) mass is 238 g/mol. The maximum atomic E-state index is 6.09. The molecule has 0 radical (unpaired) electrons. The molecule has 2 N–H and O–H groups in total. The minimum atomic E-state index is 0.467. The number of rotatable bonds is 2. The molecule has 17 heavy (non-hydrogen) atoms. The molecule has 0 amide bonds. The Morgan fingerprint density at radius 3 is 2.88 bits per heavy atom. The van der Waals surface area contributed by atoms with Crippen LogP contribution in [0.5, 0.6) is 0 Å². The van der Waals surface area contributed by atoms with Crippen molar-refractivity contribution in [3.05, 3.63) is 0 Å². The molecule has 98 valence electrons. The second kappa shape index (κ2) is 5.25. The van der Waals surface area contributed by atoms with Crippen LogP contribution in [0.25, 0.3) is 0 Å². The van der Waals surface area contributed by atoms with Crippen LogP contribution >= 0.6 is 0 Å². The molecule has 1 heterocycles. The molecule has 2 aliphatic carbocycles. The first-order chi connectivity index (χ1) is 8.33. The Labute approximate surface area is 105 Å². The van der Waals surface area contributed by atoms with E-state index in [1.165, 1.54) is 51.5 Å². The highest BCUT2D eigenvalue weighted by atomic mass is 16.5. The van der Waals surface area contributed by atoms with Gasteiger partial charge in [-0.2, -0.15) is 0 Å². The van der Waals surface area contributed by atoms with Crippen molar-refractivity contribution in [3.8, 4) is 0 Å². The fourth-order valence-electron chi connectivity index (χ4n) is 4.06. The smallest absolute Gasteiger partial charge is 0.0730 e. The fraction of sp³-hybridized carbons (Fsp3) is 1.00. The molecular weight excluding hydrogens is 212 g/mol. The van der Waals surface area contributed by atoms with Crippen LogP contribution in [0.3, 0.4) is 0 Å². The third kappa shape index (κ3) is 2.67. The molecular formula is C14H26N2O. The molecule has 0 bridgehead atoms. The van der Waals surface area contributed by atoms with Gasteiger partial charge in [-0.15, -0.1) is 0 Å². The van der Waals surface area contributed by atoms with Gasteiger partial charge in [0.05, 0.1) is 12.7 Å². The predicted octanol–water partition coefficient (Wildman–Crippen LogP) is 1.76. The van der Waals surface area contributed by atoms with Gasteiger partial charge in [-0.3, -0.25) is 4.90 Å². The van der Waals surface area contributed by atoms with Crippen LogP contribution < -0.4 is 5.73 Å². The summed E-state index contributed by atoms with van der Waals surface area (Å²) in [5.41, 5.74) is 6.09. The van der Waals surface area contributed by atoms with E-state index in [0.29, 0.717) is 12.1 Å². The topological polar surface area (TPSA) is 38.5 Å². The summed E-state index contributed by atoms with van der Waals surface area (Å²) in [5, 5.41) is 0. The van der Waals surface area contributed by atoms with Crippen LogP contribution in [-0.4, -0.2) is 42.8 Å². The molecule has 3 rings (SSSR count). The van der Waals surface area contributed by atoms with Gasteiger partial charge >= 0.3 is 0 Å². The van der Waals surface area contributed by atoms with Crippen molar-refractivity contribution in [1.29, 1.82) is 0 Å². The van der Waals surface area contributed by atoms with Crippen molar-refractivity contribution in [2.24, 2.45) is 11.7 Å². The highest BCUT2D eigenvalue weighted by Crippen LogP contribution is 2.32. The Bertz CT molecular complexity index is 259. The van der Waals surface area contributed by atoms with Crippen LogP contribution in [0.15, 0.2) is 0 Å². The molecule has 3 nitrogen and oxygen atoms in total. The first kappa shape index (κ1) is 11.9. The Morgan fingerprint density at radius 1 is 1.12 bits per heavy atom. The van der Waals surface area contributed by atoms with Crippen molar-refractivity contribution in [2.75, 3.05) is 19.7 Å². The maximum Gasteiger partial charge on any atom is 0.0730 e. The van der Waals surface area contributed by atoms with Crippen LogP contribution in [0.2, 0.25) is 0 Å². The van der Waals surface area contributed by atoms with Crippen LogP contribution in [0.4, 0.5) is 0 Å². The zero-order valence-corrected chi connectivity index (χ0v) is 10.8. The normalized spacial score (nSPS) is 43.6. The van der Waals surface area contributed by atoms with E-state index in [2.05, 4.69) is 4.90 Å². The molecule has 0 aromatic heterocycles. The zero-order valence-electron chi connectivity index (χ0n) is 10.8. The third-order valence-corrected chi connectivity index (χ3v) is 4.91. The van der Waals surface area contributed by atoms with Gasteiger partial charge in [0.1, 0.15) is 0 Å². The van der Waals surface area contributed by atoms with Crippen molar-refractivity contribution in [1.82, 2.24) is 4.90 Å². The summed E-state index contributed by atoms with van der Waals surface area (Å²) >= 11 is 0. The van der Waals surface area contributed by atoms with Crippen LogP contribution in [0, 0.1) is 5.92 Å². The summed E-state index contributed by atoms with van der Waals surface area (Å²) in [5.74, 6) is 0.845. The SMILES string of the molecule is NC1CCCC(CN2CCOC3CCCC32)C1. The zero-order chi connectivity index (χ0) is 11.7. The highest BCUT2D eigenvalue weighted by Gasteiger charge is 2.37. The molecule has 0 spiro atoms. The molecule has 4 unspecified atom stereocenters. The molecule has 3 fully saturated rings. The van der Waals surface area contributed by atoms with Gasteiger partial charge in [-0.1, -0.05) is 6.42 Å². The lowest BCUT2D eigenvalue weighted by Crippen LogP contribution is -2.50. The lowest BCUT2D eigenvalue weighted by atomic mass is 9.85. The number of hydrogen-bond acceptors (Lipinski definition) is 3. The Morgan fingerprint density at radius 2 is 2.00 bits per heavy atom. The highest BCUT2D eigenvalue weighted by molar-refractivity contribution is 4.90. The van der Waals surface area contributed by atoms with Gasteiger partial charge in [0, 0.05) is 25.2 Å². The summed E-state index contributed by atoms with van der Waals surface area (Å²) in [6.07, 6.45) is 9.75. The Balaban J connectivity index is 1.56. The van der Waals surface area contributed by atoms with Crippen LogP contribution in [-0.2, 0) is 4.74 Å². The standard InChI is InChI=1S/C14H26N2O/c15-12-4-1-3-11(9-12)10-16-7-8-17-14-6-2-5-13(14)16/h11-14H,1-10,15H2. The number of nitrogens with zero attached hydrogens (tertiary/aromatic N) is 1. The van der Waals surface area contributed by atoms with Crippen molar-refractivity contribution < 1.29 is 4.74 Å². The van der Waals surface area contributed by atoms with Gasteiger partial charge in [0.2, 0.25) is 0 Å². The largest absolute Gasteiger partial charge is 0.375 e. The quantitative estimate of drug-likeness (QED) is 0.796. The molecule has 3 aliphatic rings. The lowest BCUT2D eigenvalue weighted by Gasteiger charge is -2.40. The number of fused-ring (bicyclic) bond motifs is 1. The van der Waals surface area contributed by atoms with Crippen molar-refractivity contribution in [2.45, 2.75) is 63.1 Å². The van der Waals surface area contributed by atoms with Gasteiger partial charge in [-0.05, 0) is 44.4 Å². The second-order valence-electron chi connectivity index (χ2n) is 6.20. The van der Waals surface area contributed by atoms with Crippen molar-refractivity contribution >= 4 is 0 Å². The third-order valence-electron chi connectivity index (χ3n) is 4.91. The van der Waals surface area contributed by atoms with E-state index in [-0.39, 0.29) is 0 Å². The molecule has 4 atom stereocenters. The predicted molar refractivity (Wildman–Crippen MR) is 68.9 cm³/mol. The average Bonchev–Trinajstić information content (AvgIpc) is 2.78. The van der Waals surface area contributed by atoms with E-state index in [1.54, 1.807) is 0 Å². The van der Waals surface area contributed by atoms with Crippen LogP contribution in [0.1, 0.15) is 44.9 Å². The minimum absolute atomic E-state index is 0.467. The van der Waals surface area contributed by atoms with E-state index in [9.17, 15) is 0 Å². The summed E-state index contributed by atoms with van der Waals surface area (Å²) in [7, 11) is 0. The van der Waals surface area contributed by atoms with E-state index >= 15 is 0 Å². The first-order valence-corrected chi connectivity index (χ1v) is 7.44. The molecule has 0 aromatic carbocycles. The number of morpholine rings is 1. The molecule has 2 saturated carbocycles. The summed E-state index contributed by atoms with van der Waals surface area (Å²) < 4.78 is 5.88. The number of ether oxygens (including phenoxy) is 1. The lowest BCUT2D eigenvalue weighted by molar-refractivity contribution is -0.0618. The number of hydrogen-bond donors (Lipinski definition) is 1. The summed E-state index contributed by atoms with van der Waals surface area (Å²) in [4.78, 5) is 2.71. The van der Waals surface area contributed by atoms with E-state index in [1.807, 2.05) is 0 Å². The summed E-state index contributed by atoms with van der Waals surface area (Å²) in [6, 6.07) is 1.19. The Hall–Kier alpha value is -0.120. The second-order valence-corrected chi connectivity index (χ2v) is 6.20. The Kier molecular flexibility index (Phi) is 3.69. The van der Waals surface area contributed by atoms with Gasteiger partial charge in [-0.25, -0.2) is 0 Å². The fourth-order valence-corrected chi connectivity index (χ4v) is 4.06. The average molecular weight is 238 g/mol. The molecule has 3 heteroatoms.